The Labute approximate surface area is 130 Å². The Morgan fingerprint density at radius 3 is 2.91 bits per heavy atom. The summed E-state index contributed by atoms with van der Waals surface area (Å²) in [6.07, 6.45) is 0.352. The molecule has 1 atom stereocenters. The Hall–Kier alpha value is -2.35. The monoisotopic (exact) mass is 323 g/mol. The zero-order chi connectivity index (χ0) is 16.4. The van der Waals surface area contributed by atoms with Crippen molar-refractivity contribution in [3.05, 3.63) is 47.9 Å². The number of aromatic amines is 1. The van der Waals surface area contributed by atoms with E-state index in [4.69, 9.17) is 0 Å². The highest BCUT2D eigenvalue weighted by Gasteiger charge is 2.28. The van der Waals surface area contributed by atoms with Crippen molar-refractivity contribution in [3.63, 3.8) is 0 Å². The summed E-state index contributed by atoms with van der Waals surface area (Å²) in [5.41, 5.74) is 2.74. The molecule has 0 amide bonds. The van der Waals surface area contributed by atoms with Crippen LogP contribution in [0, 0.1) is 0 Å². The Morgan fingerprint density at radius 1 is 1.30 bits per heavy atom. The molecular weight excluding hydrogens is 307 g/mol. The second kappa shape index (κ2) is 6.04. The van der Waals surface area contributed by atoms with Crippen LogP contribution in [0.1, 0.15) is 24.1 Å². The van der Waals surface area contributed by atoms with E-state index in [-0.39, 0.29) is 6.04 Å². The number of hydrogen-bond donors (Lipinski definition) is 2. The van der Waals surface area contributed by atoms with Crippen molar-refractivity contribution in [2.75, 3.05) is 0 Å². The van der Waals surface area contributed by atoms with Gasteiger partial charge in [0, 0.05) is 29.7 Å². The smallest absolute Gasteiger partial charge is 0.306 e. The maximum atomic E-state index is 12.3. The van der Waals surface area contributed by atoms with Crippen LogP contribution in [-0.4, -0.2) is 26.2 Å². The van der Waals surface area contributed by atoms with E-state index >= 15 is 0 Å². The fourth-order valence-electron chi connectivity index (χ4n) is 2.38. The molecular formula is C15H16F3N5. The molecule has 2 N–H and O–H groups in total. The Balaban J connectivity index is 1.61. The van der Waals surface area contributed by atoms with Crippen molar-refractivity contribution in [2.45, 2.75) is 32.2 Å². The third kappa shape index (κ3) is 3.89. The third-order valence-corrected chi connectivity index (χ3v) is 3.61. The summed E-state index contributed by atoms with van der Waals surface area (Å²) < 4.78 is 37.8. The van der Waals surface area contributed by atoms with Gasteiger partial charge >= 0.3 is 6.18 Å². The van der Waals surface area contributed by atoms with E-state index in [2.05, 4.69) is 20.6 Å². The largest absolute Gasteiger partial charge is 0.408 e. The highest BCUT2D eigenvalue weighted by Crippen LogP contribution is 2.19. The molecule has 2 aromatic heterocycles. The van der Waals surface area contributed by atoms with Crippen molar-refractivity contribution < 1.29 is 13.2 Å². The molecule has 122 valence electrons. The summed E-state index contributed by atoms with van der Waals surface area (Å²) in [5.74, 6) is 0. The van der Waals surface area contributed by atoms with Crippen LogP contribution >= 0.6 is 0 Å². The van der Waals surface area contributed by atoms with Crippen molar-refractivity contribution in [2.24, 2.45) is 0 Å². The molecule has 3 aromatic rings. The van der Waals surface area contributed by atoms with E-state index in [1.807, 2.05) is 25.1 Å². The molecule has 0 radical (unpaired) electrons. The van der Waals surface area contributed by atoms with Crippen LogP contribution in [-0.2, 0) is 13.1 Å². The van der Waals surface area contributed by atoms with Crippen LogP contribution in [0.3, 0.4) is 0 Å². The molecule has 5 nitrogen and oxygen atoms in total. The lowest BCUT2D eigenvalue weighted by atomic mass is 10.1. The van der Waals surface area contributed by atoms with Gasteiger partial charge in [0.25, 0.3) is 0 Å². The maximum absolute atomic E-state index is 12.3. The number of fused-ring (bicyclic) bond motifs is 1. The van der Waals surface area contributed by atoms with Gasteiger partial charge < -0.3 is 5.32 Å². The van der Waals surface area contributed by atoms with Crippen LogP contribution in [0.4, 0.5) is 13.2 Å². The summed E-state index contributed by atoms with van der Waals surface area (Å²) in [5, 5.41) is 14.9. The van der Waals surface area contributed by atoms with E-state index < -0.39 is 12.7 Å². The number of nitrogens with zero attached hydrogens (tertiary/aromatic N) is 3. The summed E-state index contributed by atoms with van der Waals surface area (Å²) in [6.45, 7) is 1.37. The van der Waals surface area contributed by atoms with Crippen molar-refractivity contribution in [3.8, 4) is 0 Å². The molecule has 0 aliphatic heterocycles. The minimum atomic E-state index is -4.26. The quantitative estimate of drug-likeness (QED) is 0.758. The fraction of sp³-hybridized carbons (Fsp3) is 0.333. The lowest BCUT2D eigenvalue weighted by Gasteiger charge is -2.13. The number of H-pyrrole nitrogens is 1. The van der Waals surface area contributed by atoms with Gasteiger partial charge in [-0.15, -0.1) is 0 Å². The van der Waals surface area contributed by atoms with Gasteiger partial charge in [-0.05, 0) is 18.6 Å². The summed E-state index contributed by atoms with van der Waals surface area (Å²) in [7, 11) is 0. The number of hydrogen-bond acceptors (Lipinski definition) is 3. The first-order valence-corrected chi connectivity index (χ1v) is 7.15. The van der Waals surface area contributed by atoms with Gasteiger partial charge in [-0.3, -0.25) is 9.78 Å². The van der Waals surface area contributed by atoms with Gasteiger partial charge in [-0.25, -0.2) is 0 Å². The molecule has 8 heteroatoms. The molecule has 0 saturated heterocycles. The number of aromatic nitrogens is 4. The van der Waals surface area contributed by atoms with Crippen LogP contribution in [0.15, 0.2) is 36.8 Å². The van der Waals surface area contributed by atoms with Gasteiger partial charge in [0.1, 0.15) is 6.54 Å². The SMILES string of the molecule is CC(NCc1cnn(CC(F)(F)F)c1)c1ccc2cn[nH]c2c1. The van der Waals surface area contributed by atoms with E-state index in [9.17, 15) is 13.2 Å². The normalized spacial score (nSPS) is 13.6. The highest BCUT2D eigenvalue weighted by atomic mass is 19.4. The lowest BCUT2D eigenvalue weighted by Crippen LogP contribution is -2.19. The Morgan fingerprint density at radius 2 is 2.13 bits per heavy atom. The van der Waals surface area contributed by atoms with Crippen LogP contribution in [0.2, 0.25) is 0 Å². The van der Waals surface area contributed by atoms with Crippen LogP contribution in [0.5, 0.6) is 0 Å². The molecule has 2 heterocycles. The first-order valence-electron chi connectivity index (χ1n) is 7.15. The number of benzene rings is 1. The van der Waals surface area contributed by atoms with Gasteiger partial charge in [0.15, 0.2) is 0 Å². The first-order chi connectivity index (χ1) is 10.9. The van der Waals surface area contributed by atoms with Crippen LogP contribution < -0.4 is 5.32 Å². The molecule has 0 fully saturated rings. The minimum Gasteiger partial charge on any atom is -0.306 e. The zero-order valence-electron chi connectivity index (χ0n) is 12.4. The predicted octanol–water partition coefficient (Wildman–Crippen LogP) is 3.17. The molecule has 0 saturated carbocycles. The molecule has 0 aliphatic carbocycles. The molecule has 0 aliphatic rings. The topological polar surface area (TPSA) is 58.5 Å². The predicted molar refractivity (Wildman–Crippen MR) is 79.6 cm³/mol. The van der Waals surface area contributed by atoms with Crippen LogP contribution in [0.25, 0.3) is 10.9 Å². The standard InChI is InChI=1S/C15H16F3N5/c1-10(12-2-3-13-7-20-22-14(13)4-12)19-5-11-6-21-23(8-11)9-15(16,17)18/h2-4,6-8,10,19H,5,9H2,1H3,(H,20,22). The number of halogens is 3. The average Bonchev–Trinajstić information content (AvgIpc) is 3.11. The van der Waals surface area contributed by atoms with E-state index in [1.165, 1.54) is 12.4 Å². The number of nitrogens with one attached hydrogen (secondary N) is 2. The third-order valence-electron chi connectivity index (χ3n) is 3.61. The number of alkyl halides is 3. The summed E-state index contributed by atoms with van der Waals surface area (Å²) in [4.78, 5) is 0. The van der Waals surface area contributed by atoms with Gasteiger partial charge in [0.05, 0.1) is 17.9 Å². The molecule has 0 bridgehead atoms. The van der Waals surface area contributed by atoms with E-state index in [0.717, 1.165) is 21.1 Å². The van der Waals surface area contributed by atoms with E-state index in [1.54, 1.807) is 6.20 Å². The maximum Gasteiger partial charge on any atom is 0.408 e. The molecule has 1 unspecified atom stereocenters. The second-order valence-electron chi connectivity index (χ2n) is 5.48. The Bertz CT molecular complexity index is 790. The van der Waals surface area contributed by atoms with Crippen molar-refractivity contribution in [1.29, 1.82) is 0 Å². The van der Waals surface area contributed by atoms with Gasteiger partial charge in [-0.2, -0.15) is 23.4 Å². The second-order valence-corrected chi connectivity index (χ2v) is 5.48. The zero-order valence-corrected chi connectivity index (χ0v) is 12.4. The molecule has 0 spiro atoms. The fourth-order valence-corrected chi connectivity index (χ4v) is 2.38. The molecule has 23 heavy (non-hydrogen) atoms. The van der Waals surface area contributed by atoms with Gasteiger partial charge in [-0.1, -0.05) is 12.1 Å². The Kier molecular flexibility index (Phi) is 4.08. The van der Waals surface area contributed by atoms with Gasteiger partial charge in [0.2, 0.25) is 0 Å². The van der Waals surface area contributed by atoms with Crippen molar-refractivity contribution in [1.82, 2.24) is 25.3 Å². The average molecular weight is 323 g/mol. The minimum absolute atomic E-state index is 0.0497. The first kappa shape index (κ1) is 15.5. The highest BCUT2D eigenvalue weighted by molar-refractivity contribution is 5.78. The summed E-state index contributed by atoms with van der Waals surface area (Å²) >= 11 is 0. The molecule has 1 aromatic carbocycles. The lowest BCUT2D eigenvalue weighted by molar-refractivity contribution is -0.142. The van der Waals surface area contributed by atoms with Crippen molar-refractivity contribution >= 4 is 10.9 Å². The van der Waals surface area contributed by atoms with E-state index in [0.29, 0.717) is 12.1 Å². The molecule has 3 rings (SSSR count). The summed E-state index contributed by atoms with van der Waals surface area (Å²) in [6, 6.07) is 6.04. The number of rotatable bonds is 5.